The molecule has 1 atom stereocenters. The van der Waals surface area contributed by atoms with Gasteiger partial charge in [-0.3, -0.25) is 9.48 Å². The number of hydrogen-bond donors (Lipinski definition) is 1. The minimum atomic E-state index is -0.441. The molecule has 1 unspecified atom stereocenters. The number of carbonyl (C=O) groups excluding carboxylic acids is 1. The van der Waals surface area contributed by atoms with Gasteiger partial charge in [-0.1, -0.05) is 0 Å². The summed E-state index contributed by atoms with van der Waals surface area (Å²) < 4.78 is 29.1. The number of halogens is 2. The summed E-state index contributed by atoms with van der Waals surface area (Å²) in [4.78, 5) is 14.9. The number of nitrogens with zero attached hydrogens (tertiary/aromatic N) is 3. The standard InChI is InChI=1S/C20H24F2N4OS/c1-25-18-5-3-15(23-12-13-10-14(21)2-4-17(13)22)11-16(18)19(24-25)20(27)26-6-8-28-9-7-26/h2,4,10,15,23H,3,5-9,11-12H2,1H3. The fraction of sp³-hybridized carbons (Fsp3) is 0.500. The molecule has 2 heterocycles. The molecule has 2 aliphatic rings. The first-order valence-corrected chi connectivity index (χ1v) is 10.8. The number of thioether (sulfide) groups is 1. The van der Waals surface area contributed by atoms with E-state index in [9.17, 15) is 13.6 Å². The van der Waals surface area contributed by atoms with Crippen LogP contribution in [0.1, 0.15) is 33.7 Å². The first kappa shape index (κ1) is 19.4. The van der Waals surface area contributed by atoms with E-state index in [2.05, 4.69) is 10.4 Å². The van der Waals surface area contributed by atoms with Gasteiger partial charge in [-0.25, -0.2) is 8.78 Å². The van der Waals surface area contributed by atoms with Crippen molar-refractivity contribution >= 4 is 17.7 Å². The highest BCUT2D eigenvalue weighted by molar-refractivity contribution is 7.99. The first-order chi connectivity index (χ1) is 13.5. The van der Waals surface area contributed by atoms with Gasteiger partial charge in [0.2, 0.25) is 0 Å². The van der Waals surface area contributed by atoms with Crippen LogP contribution in [-0.4, -0.2) is 51.2 Å². The maximum absolute atomic E-state index is 13.9. The van der Waals surface area contributed by atoms with E-state index in [1.807, 2.05) is 28.4 Å². The number of benzene rings is 1. The van der Waals surface area contributed by atoms with Crippen LogP contribution >= 0.6 is 11.8 Å². The first-order valence-electron chi connectivity index (χ1n) is 9.62. The van der Waals surface area contributed by atoms with Gasteiger partial charge in [-0.15, -0.1) is 0 Å². The maximum atomic E-state index is 13.9. The van der Waals surface area contributed by atoms with E-state index in [0.717, 1.165) is 60.8 Å². The normalized spacial score (nSPS) is 19.5. The average Bonchev–Trinajstić information content (AvgIpc) is 3.05. The molecule has 2 aromatic rings. The topological polar surface area (TPSA) is 50.2 Å². The van der Waals surface area contributed by atoms with E-state index in [1.165, 1.54) is 6.07 Å². The monoisotopic (exact) mass is 406 g/mol. The molecule has 1 aromatic carbocycles. The Hall–Kier alpha value is -1.93. The Morgan fingerprint density at radius 3 is 2.89 bits per heavy atom. The molecule has 0 saturated carbocycles. The molecule has 5 nitrogen and oxygen atoms in total. The van der Waals surface area contributed by atoms with Crippen LogP contribution in [-0.2, 0) is 26.4 Å². The number of aromatic nitrogens is 2. The second-order valence-corrected chi connectivity index (χ2v) is 8.58. The fourth-order valence-electron chi connectivity index (χ4n) is 3.98. The molecule has 1 N–H and O–H groups in total. The molecule has 28 heavy (non-hydrogen) atoms. The molecule has 1 saturated heterocycles. The molecule has 0 spiro atoms. The summed E-state index contributed by atoms with van der Waals surface area (Å²) in [7, 11) is 1.89. The Balaban J connectivity index is 1.48. The predicted molar refractivity (Wildman–Crippen MR) is 105 cm³/mol. The molecular formula is C20H24F2N4OS. The predicted octanol–water partition coefficient (Wildman–Crippen LogP) is 2.53. The average molecular weight is 407 g/mol. The quantitative estimate of drug-likeness (QED) is 0.848. The second kappa shape index (κ2) is 8.21. The summed E-state index contributed by atoms with van der Waals surface area (Å²) in [5.41, 5.74) is 2.96. The molecule has 0 radical (unpaired) electrons. The lowest BCUT2D eigenvalue weighted by atomic mass is 9.91. The zero-order valence-electron chi connectivity index (χ0n) is 15.9. The number of amides is 1. The third-order valence-corrected chi connectivity index (χ3v) is 6.49. The van der Waals surface area contributed by atoms with E-state index < -0.39 is 11.6 Å². The third-order valence-electron chi connectivity index (χ3n) is 5.54. The number of fused-ring (bicyclic) bond motifs is 1. The van der Waals surface area contributed by atoms with Crippen LogP contribution in [0.2, 0.25) is 0 Å². The van der Waals surface area contributed by atoms with Crippen LogP contribution in [0, 0.1) is 11.6 Å². The van der Waals surface area contributed by atoms with Gasteiger partial charge in [-0.05, 0) is 37.5 Å². The Morgan fingerprint density at radius 2 is 2.11 bits per heavy atom. The largest absolute Gasteiger partial charge is 0.336 e. The molecule has 1 amide bonds. The number of carbonyl (C=O) groups is 1. The van der Waals surface area contributed by atoms with Gasteiger partial charge < -0.3 is 10.2 Å². The number of nitrogens with one attached hydrogen (secondary N) is 1. The molecule has 1 aromatic heterocycles. The van der Waals surface area contributed by atoms with Crippen LogP contribution in [0.5, 0.6) is 0 Å². The molecule has 150 valence electrons. The molecule has 8 heteroatoms. The van der Waals surface area contributed by atoms with E-state index in [0.29, 0.717) is 17.7 Å². The number of hydrogen-bond acceptors (Lipinski definition) is 4. The van der Waals surface area contributed by atoms with Crippen molar-refractivity contribution in [2.75, 3.05) is 24.6 Å². The molecule has 1 fully saturated rings. The van der Waals surface area contributed by atoms with Crippen molar-refractivity contribution in [2.45, 2.75) is 31.8 Å². The van der Waals surface area contributed by atoms with Crippen LogP contribution in [0.15, 0.2) is 18.2 Å². The van der Waals surface area contributed by atoms with Gasteiger partial charge >= 0.3 is 0 Å². The van der Waals surface area contributed by atoms with Crippen molar-refractivity contribution in [3.8, 4) is 0 Å². The van der Waals surface area contributed by atoms with Gasteiger partial charge in [0.25, 0.3) is 5.91 Å². The highest BCUT2D eigenvalue weighted by Crippen LogP contribution is 2.26. The Kier molecular flexibility index (Phi) is 5.68. The molecule has 4 rings (SSSR count). The van der Waals surface area contributed by atoms with Crippen LogP contribution in [0.25, 0.3) is 0 Å². The van der Waals surface area contributed by atoms with Gasteiger partial charge in [0.15, 0.2) is 5.69 Å². The van der Waals surface area contributed by atoms with Gasteiger partial charge in [0.05, 0.1) is 0 Å². The summed E-state index contributed by atoms with van der Waals surface area (Å²) in [5, 5.41) is 7.86. The highest BCUT2D eigenvalue weighted by atomic mass is 32.2. The summed E-state index contributed by atoms with van der Waals surface area (Å²) in [6.45, 7) is 1.78. The van der Waals surface area contributed by atoms with Crippen molar-refractivity contribution < 1.29 is 13.6 Å². The highest BCUT2D eigenvalue weighted by Gasteiger charge is 2.30. The lowest BCUT2D eigenvalue weighted by Crippen LogP contribution is -2.39. The Bertz CT molecular complexity index is 879. The molecular weight excluding hydrogens is 382 g/mol. The minimum absolute atomic E-state index is 0.00831. The van der Waals surface area contributed by atoms with Gasteiger partial charge in [-0.2, -0.15) is 16.9 Å². The van der Waals surface area contributed by atoms with E-state index >= 15 is 0 Å². The summed E-state index contributed by atoms with van der Waals surface area (Å²) in [6.07, 6.45) is 2.35. The Labute approximate surface area is 167 Å². The maximum Gasteiger partial charge on any atom is 0.274 e. The van der Waals surface area contributed by atoms with Crippen LogP contribution in [0.4, 0.5) is 8.78 Å². The van der Waals surface area contributed by atoms with Crippen molar-refractivity contribution in [3.05, 3.63) is 52.3 Å². The number of aryl methyl sites for hydroxylation is 1. The zero-order valence-corrected chi connectivity index (χ0v) is 16.7. The second-order valence-electron chi connectivity index (χ2n) is 7.36. The van der Waals surface area contributed by atoms with Gasteiger partial charge in [0, 0.05) is 61.1 Å². The van der Waals surface area contributed by atoms with Crippen LogP contribution in [0.3, 0.4) is 0 Å². The Morgan fingerprint density at radius 1 is 1.32 bits per heavy atom. The van der Waals surface area contributed by atoms with Crippen molar-refractivity contribution in [1.29, 1.82) is 0 Å². The molecule has 1 aliphatic carbocycles. The fourth-order valence-corrected chi connectivity index (χ4v) is 4.89. The molecule has 1 aliphatic heterocycles. The summed E-state index contributed by atoms with van der Waals surface area (Å²) >= 11 is 1.87. The smallest absolute Gasteiger partial charge is 0.274 e. The number of rotatable bonds is 4. The molecule has 0 bridgehead atoms. The van der Waals surface area contributed by atoms with E-state index in [4.69, 9.17) is 0 Å². The van der Waals surface area contributed by atoms with Crippen molar-refractivity contribution in [3.63, 3.8) is 0 Å². The zero-order chi connectivity index (χ0) is 19.7. The minimum Gasteiger partial charge on any atom is -0.336 e. The SMILES string of the molecule is Cn1nc(C(=O)N2CCSCC2)c2c1CCC(NCc1cc(F)ccc1F)C2. The summed E-state index contributed by atoms with van der Waals surface area (Å²) in [5.74, 6) is 1.08. The lowest BCUT2D eigenvalue weighted by molar-refractivity contribution is 0.0764. The van der Waals surface area contributed by atoms with Crippen LogP contribution < -0.4 is 5.32 Å². The van der Waals surface area contributed by atoms with Crippen molar-refractivity contribution in [1.82, 2.24) is 20.0 Å². The van der Waals surface area contributed by atoms with E-state index in [-0.39, 0.29) is 18.5 Å². The van der Waals surface area contributed by atoms with Crippen molar-refractivity contribution in [2.24, 2.45) is 7.05 Å². The van der Waals surface area contributed by atoms with E-state index in [1.54, 1.807) is 0 Å². The van der Waals surface area contributed by atoms with Gasteiger partial charge in [0.1, 0.15) is 11.6 Å². The lowest BCUT2D eigenvalue weighted by Gasteiger charge is -2.27. The third kappa shape index (κ3) is 3.93. The summed E-state index contributed by atoms with van der Waals surface area (Å²) in [6, 6.07) is 3.60.